The summed E-state index contributed by atoms with van der Waals surface area (Å²) in [5.41, 5.74) is 1.21. The maximum absolute atomic E-state index is 12.5. The van der Waals surface area contributed by atoms with Crippen molar-refractivity contribution in [3.05, 3.63) is 35.9 Å². The van der Waals surface area contributed by atoms with Gasteiger partial charge in [-0.2, -0.15) is 0 Å². The summed E-state index contributed by atoms with van der Waals surface area (Å²) in [4.78, 5) is 14.6. The van der Waals surface area contributed by atoms with Crippen molar-refractivity contribution in [1.82, 2.24) is 10.2 Å². The van der Waals surface area contributed by atoms with Crippen LogP contribution in [0.15, 0.2) is 30.3 Å². The third-order valence-corrected chi connectivity index (χ3v) is 5.19. The molecule has 1 heterocycles. The number of amides is 1. The maximum atomic E-state index is 12.5. The summed E-state index contributed by atoms with van der Waals surface area (Å²) < 4.78 is 0. The number of carbonyl (C=O) groups excluding carboxylic acids is 1. The molecule has 2 atom stereocenters. The zero-order valence-electron chi connectivity index (χ0n) is 13.8. The molecule has 4 nitrogen and oxygen atoms in total. The van der Waals surface area contributed by atoms with Crippen LogP contribution >= 0.6 is 0 Å². The van der Waals surface area contributed by atoms with E-state index in [2.05, 4.69) is 22.3 Å². The first-order valence-electron chi connectivity index (χ1n) is 8.97. The standard InChI is InChI=1S/C19H28N2O2/c22-17-11-6-12-21(13-17)14-18(23)20-19(16-9-4-5-10-16)15-7-2-1-3-8-15/h1-3,7-8,16-17,19,22H,4-6,9-14H2,(H,20,23). The third kappa shape index (κ3) is 4.55. The van der Waals surface area contributed by atoms with Gasteiger partial charge in [-0.15, -0.1) is 0 Å². The van der Waals surface area contributed by atoms with E-state index < -0.39 is 0 Å². The molecule has 4 heteroatoms. The molecule has 0 radical (unpaired) electrons. The molecule has 3 rings (SSSR count). The van der Waals surface area contributed by atoms with Crippen molar-refractivity contribution in [3.8, 4) is 0 Å². The second-order valence-corrected chi connectivity index (χ2v) is 7.03. The van der Waals surface area contributed by atoms with Crippen LogP contribution in [-0.4, -0.2) is 41.7 Å². The van der Waals surface area contributed by atoms with E-state index >= 15 is 0 Å². The monoisotopic (exact) mass is 316 g/mol. The molecule has 0 spiro atoms. The fraction of sp³-hybridized carbons (Fsp3) is 0.632. The van der Waals surface area contributed by atoms with Gasteiger partial charge in [-0.25, -0.2) is 0 Å². The van der Waals surface area contributed by atoms with E-state index in [0.717, 1.165) is 19.4 Å². The number of aliphatic hydroxyl groups excluding tert-OH is 1. The predicted molar refractivity (Wildman–Crippen MR) is 91.0 cm³/mol. The number of hydrogen-bond acceptors (Lipinski definition) is 3. The van der Waals surface area contributed by atoms with E-state index in [0.29, 0.717) is 19.0 Å². The first kappa shape index (κ1) is 16.5. The molecule has 1 aromatic rings. The van der Waals surface area contributed by atoms with Gasteiger partial charge in [0.1, 0.15) is 0 Å². The topological polar surface area (TPSA) is 52.6 Å². The largest absolute Gasteiger partial charge is 0.392 e. The molecule has 2 aliphatic rings. The second-order valence-electron chi connectivity index (χ2n) is 7.03. The maximum Gasteiger partial charge on any atom is 0.234 e. The third-order valence-electron chi connectivity index (χ3n) is 5.19. The summed E-state index contributed by atoms with van der Waals surface area (Å²) in [5.74, 6) is 0.633. The van der Waals surface area contributed by atoms with Gasteiger partial charge in [0.2, 0.25) is 5.91 Å². The van der Waals surface area contributed by atoms with Crippen LogP contribution in [0.5, 0.6) is 0 Å². The Balaban J connectivity index is 1.62. The smallest absolute Gasteiger partial charge is 0.234 e. The van der Waals surface area contributed by atoms with E-state index in [1.54, 1.807) is 0 Å². The van der Waals surface area contributed by atoms with Gasteiger partial charge in [0.15, 0.2) is 0 Å². The van der Waals surface area contributed by atoms with Gasteiger partial charge in [-0.3, -0.25) is 9.69 Å². The molecule has 1 saturated heterocycles. The van der Waals surface area contributed by atoms with Gasteiger partial charge in [-0.05, 0) is 43.7 Å². The molecule has 0 aromatic heterocycles. The highest BCUT2D eigenvalue weighted by atomic mass is 16.3. The lowest BCUT2D eigenvalue weighted by Crippen LogP contribution is -2.45. The summed E-state index contributed by atoms with van der Waals surface area (Å²) in [6, 6.07) is 10.5. The molecule has 2 unspecified atom stereocenters. The van der Waals surface area contributed by atoms with E-state index in [9.17, 15) is 9.90 Å². The van der Waals surface area contributed by atoms with Crippen molar-refractivity contribution in [2.24, 2.45) is 5.92 Å². The fourth-order valence-electron chi connectivity index (χ4n) is 4.02. The molecule has 2 fully saturated rings. The normalized spacial score (nSPS) is 24.5. The highest BCUT2D eigenvalue weighted by Gasteiger charge is 2.28. The Morgan fingerprint density at radius 3 is 2.61 bits per heavy atom. The minimum atomic E-state index is -0.281. The van der Waals surface area contributed by atoms with Crippen LogP contribution in [0, 0.1) is 5.92 Å². The van der Waals surface area contributed by atoms with E-state index in [4.69, 9.17) is 0 Å². The van der Waals surface area contributed by atoms with Gasteiger partial charge >= 0.3 is 0 Å². The Labute approximate surface area is 138 Å². The highest BCUT2D eigenvalue weighted by molar-refractivity contribution is 5.78. The Morgan fingerprint density at radius 1 is 1.17 bits per heavy atom. The number of aliphatic hydroxyl groups is 1. The van der Waals surface area contributed by atoms with Gasteiger partial charge in [-0.1, -0.05) is 43.2 Å². The molecule has 0 bridgehead atoms. The van der Waals surface area contributed by atoms with E-state index in [1.165, 1.54) is 31.2 Å². The van der Waals surface area contributed by atoms with Gasteiger partial charge in [0, 0.05) is 6.54 Å². The first-order valence-corrected chi connectivity index (χ1v) is 8.97. The van der Waals surface area contributed by atoms with Crippen molar-refractivity contribution >= 4 is 5.91 Å². The van der Waals surface area contributed by atoms with Crippen molar-refractivity contribution in [1.29, 1.82) is 0 Å². The van der Waals surface area contributed by atoms with Crippen molar-refractivity contribution in [3.63, 3.8) is 0 Å². The van der Waals surface area contributed by atoms with Crippen LogP contribution in [0.4, 0.5) is 0 Å². The molecule has 1 aliphatic heterocycles. The lowest BCUT2D eigenvalue weighted by Gasteiger charge is -2.31. The zero-order valence-corrected chi connectivity index (χ0v) is 13.8. The lowest BCUT2D eigenvalue weighted by atomic mass is 9.91. The van der Waals surface area contributed by atoms with Crippen LogP contribution < -0.4 is 5.32 Å². The zero-order chi connectivity index (χ0) is 16.1. The van der Waals surface area contributed by atoms with Crippen molar-refractivity contribution < 1.29 is 9.90 Å². The summed E-state index contributed by atoms with van der Waals surface area (Å²) in [6.45, 7) is 1.92. The Morgan fingerprint density at radius 2 is 1.91 bits per heavy atom. The summed E-state index contributed by atoms with van der Waals surface area (Å²) >= 11 is 0. The van der Waals surface area contributed by atoms with Gasteiger partial charge < -0.3 is 10.4 Å². The minimum absolute atomic E-state index is 0.0832. The Kier molecular flexibility index (Phi) is 5.68. The molecule has 1 amide bonds. The number of hydrogen-bond donors (Lipinski definition) is 2. The fourth-order valence-corrected chi connectivity index (χ4v) is 4.02. The molecule has 1 aromatic carbocycles. The van der Waals surface area contributed by atoms with Crippen LogP contribution in [0.25, 0.3) is 0 Å². The number of benzene rings is 1. The number of carbonyl (C=O) groups is 1. The Hall–Kier alpha value is -1.39. The average molecular weight is 316 g/mol. The molecule has 126 valence electrons. The quantitative estimate of drug-likeness (QED) is 0.877. The van der Waals surface area contributed by atoms with Crippen molar-refractivity contribution in [2.45, 2.75) is 50.7 Å². The van der Waals surface area contributed by atoms with Gasteiger partial charge in [0.05, 0.1) is 18.7 Å². The van der Waals surface area contributed by atoms with Crippen LogP contribution in [0.3, 0.4) is 0 Å². The van der Waals surface area contributed by atoms with Crippen LogP contribution in [0.2, 0.25) is 0 Å². The predicted octanol–water partition coefficient (Wildman–Crippen LogP) is 2.49. The number of likely N-dealkylation sites (tertiary alicyclic amines) is 1. The lowest BCUT2D eigenvalue weighted by molar-refractivity contribution is -0.124. The molecule has 1 aliphatic carbocycles. The Bertz CT molecular complexity index is 499. The summed E-state index contributed by atoms with van der Waals surface area (Å²) in [5, 5.41) is 13.0. The summed E-state index contributed by atoms with van der Waals surface area (Å²) in [6.07, 6.45) is 6.47. The SMILES string of the molecule is O=C(CN1CCCC(O)C1)NC(c1ccccc1)C1CCCC1. The molecule has 2 N–H and O–H groups in total. The number of piperidine rings is 1. The highest BCUT2D eigenvalue weighted by Crippen LogP contribution is 2.35. The average Bonchev–Trinajstić information content (AvgIpc) is 3.07. The van der Waals surface area contributed by atoms with Crippen LogP contribution in [0.1, 0.15) is 50.1 Å². The molecule has 1 saturated carbocycles. The molecular weight excluding hydrogens is 288 g/mol. The second kappa shape index (κ2) is 7.93. The molecule has 23 heavy (non-hydrogen) atoms. The summed E-state index contributed by atoms with van der Waals surface area (Å²) in [7, 11) is 0. The van der Waals surface area contributed by atoms with E-state index in [1.807, 2.05) is 18.2 Å². The van der Waals surface area contributed by atoms with E-state index in [-0.39, 0.29) is 18.1 Å². The molecular formula is C19H28N2O2. The number of nitrogens with one attached hydrogen (secondary N) is 1. The number of β-amino-alcohol motifs (C(OH)–C–C–N with tert-alkyl or cyclic N) is 1. The first-order chi connectivity index (χ1) is 11.2. The van der Waals surface area contributed by atoms with Gasteiger partial charge in [0.25, 0.3) is 0 Å². The number of rotatable bonds is 5. The minimum Gasteiger partial charge on any atom is -0.392 e. The van der Waals surface area contributed by atoms with Crippen molar-refractivity contribution in [2.75, 3.05) is 19.6 Å². The number of nitrogens with zero attached hydrogens (tertiary/aromatic N) is 1. The van der Waals surface area contributed by atoms with Crippen LogP contribution in [-0.2, 0) is 4.79 Å².